The molecule has 0 spiro atoms. The Morgan fingerprint density at radius 1 is 0.676 bits per heavy atom. The highest BCUT2D eigenvalue weighted by molar-refractivity contribution is 9.10. The van der Waals surface area contributed by atoms with Gasteiger partial charge in [-0.15, -0.1) is 11.3 Å². The predicted octanol–water partition coefficient (Wildman–Crippen LogP) is 8.50. The number of aldehydes is 1. The Kier molecular flexibility index (Phi) is 6.85. The minimum atomic E-state index is 0.461. The lowest BCUT2D eigenvalue weighted by atomic mass is 10.1. The molecule has 0 saturated heterocycles. The Bertz CT molecular complexity index is 1280. The zero-order valence-corrected chi connectivity index (χ0v) is 21.9. The summed E-state index contributed by atoms with van der Waals surface area (Å²) in [6.07, 6.45) is 4.82. The predicted molar refractivity (Wildman–Crippen MR) is 146 cm³/mol. The highest BCUT2D eigenvalue weighted by Gasteiger charge is 2.22. The fourth-order valence-corrected chi connectivity index (χ4v) is 5.16. The van der Waals surface area contributed by atoms with Gasteiger partial charge in [0.25, 0.3) is 0 Å². The normalized spacial score (nSPS) is 12.6. The lowest BCUT2D eigenvalue weighted by Crippen LogP contribution is -2.15. The number of anilines is 3. The lowest BCUT2D eigenvalue weighted by Gasteiger charge is -2.25. The van der Waals surface area contributed by atoms with Crippen molar-refractivity contribution in [3.63, 3.8) is 0 Å². The SMILES string of the molecule is O=Cc1sc(/C=C/c2ccc(N(c3ccc(Br)cc3)c3ccc(Br)cc3)cc2)c2c1OCCO2. The van der Waals surface area contributed by atoms with E-state index in [4.69, 9.17) is 9.47 Å². The first-order chi connectivity index (χ1) is 16.6. The van der Waals surface area contributed by atoms with Crippen molar-refractivity contribution in [3.8, 4) is 11.5 Å². The summed E-state index contributed by atoms with van der Waals surface area (Å²) in [5.74, 6) is 1.21. The molecule has 0 saturated carbocycles. The monoisotopic (exact) mass is 595 g/mol. The van der Waals surface area contributed by atoms with Gasteiger partial charge in [-0.2, -0.15) is 0 Å². The largest absolute Gasteiger partial charge is 0.485 e. The van der Waals surface area contributed by atoms with Crippen LogP contribution in [0.25, 0.3) is 12.2 Å². The Balaban J connectivity index is 1.44. The summed E-state index contributed by atoms with van der Waals surface area (Å²) in [6.45, 7) is 0.946. The van der Waals surface area contributed by atoms with E-state index in [1.807, 2.05) is 36.4 Å². The van der Waals surface area contributed by atoms with Crippen molar-refractivity contribution < 1.29 is 14.3 Å². The summed E-state index contributed by atoms with van der Waals surface area (Å²) in [7, 11) is 0. The van der Waals surface area contributed by atoms with Crippen LogP contribution in [0.5, 0.6) is 11.5 Å². The van der Waals surface area contributed by atoms with Crippen LogP contribution in [0.3, 0.4) is 0 Å². The molecule has 0 N–H and O–H groups in total. The van der Waals surface area contributed by atoms with E-state index in [0.29, 0.717) is 29.6 Å². The van der Waals surface area contributed by atoms with E-state index < -0.39 is 0 Å². The number of benzene rings is 3. The third kappa shape index (κ3) is 4.82. The maximum Gasteiger partial charge on any atom is 0.183 e. The molecule has 4 nitrogen and oxygen atoms in total. The van der Waals surface area contributed by atoms with E-state index in [9.17, 15) is 4.79 Å². The maximum absolute atomic E-state index is 11.4. The number of fused-ring (bicyclic) bond motifs is 1. The van der Waals surface area contributed by atoms with Crippen molar-refractivity contribution in [1.82, 2.24) is 0 Å². The number of rotatable bonds is 6. The number of halogens is 2. The summed E-state index contributed by atoms with van der Waals surface area (Å²) in [5, 5.41) is 0. The van der Waals surface area contributed by atoms with Gasteiger partial charge in [-0.25, -0.2) is 0 Å². The minimum absolute atomic E-state index is 0.461. The molecule has 0 aliphatic carbocycles. The van der Waals surface area contributed by atoms with Crippen LogP contribution in [0, 0.1) is 0 Å². The third-order valence-corrected chi connectivity index (χ3v) is 7.41. The van der Waals surface area contributed by atoms with Crippen LogP contribution in [0.1, 0.15) is 20.1 Å². The van der Waals surface area contributed by atoms with Crippen LogP contribution >= 0.6 is 43.2 Å². The Hall–Kier alpha value is -2.87. The lowest BCUT2D eigenvalue weighted by molar-refractivity contribution is 0.111. The van der Waals surface area contributed by atoms with Gasteiger partial charge < -0.3 is 14.4 Å². The van der Waals surface area contributed by atoms with Gasteiger partial charge in [0.2, 0.25) is 0 Å². The topological polar surface area (TPSA) is 38.8 Å². The summed E-state index contributed by atoms with van der Waals surface area (Å²) in [5.41, 5.74) is 4.23. The van der Waals surface area contributed by atoms with Crippen molar-refractivity contribution in [2.45, 2.75) is 0 Å². The summed E-state index contributed by atoms with van der Waals surface area (Å²) in [4.78, 5) is 15.0. The van der Waals surface area contributed by atoms with Crippen molar-refractivity contribution in [2.75, 3.05) is 18.1 Å². The molecule has 34 heavy (non-hydrogen) atoms. The first-order valence-electron chi connectivity index (χ1n) is 10.6. The fraction of sp³-hybridized carbons (Fsp3) is 0.0741. The summed E-state index contributed by atoms with van der Waals surface area (Å²) >= 11 is 8.43. The van der Waals surface area contributed by atoms with Gasteiger partial charge in [-0.1, -0.05) is 50.1 Å². The standard InChI is InChI=1S/C27H19Br2NO3S/c28-19-4-10-22(11-5-19)30(23-12-6-20(29)7-13-23)21-8-1-18(2-9-21)3-14-24-26-27(25(17-31)34-24)33-16-15-32-26/h1-14,17H,15-16H2/b14-3+. The van der Waals surface area contributed by atoms with Gasteiger partial charge in [0.1, 0.15) is 18.1 Å². The third-order valence-electron chi connectivity index (χ3n) is 5.30. The molecule has 0 fully saturated rings. The molecule has 0 radical (unpaired) electrons. The number of carbonyl (C=O) groups is 1. The zero-order chi connectivity index (χ0) is 23.5. The number of hydrogen-bond donors (Lipinski definition) is 0. The van der Waals surface area contributed by atoms with Crippen LogP contribution in [0.2, 0.25) is 0 Å². The number of nitrogens with zero attached hydrogens (tertiary/aromatic N) is 1. The second-order valence-electron chi connectivity index (χ2n) is 7.52. The van der Waals surface area contributed by atoms with Gasteiger partial charge in [0.15, 0.2) is 17.8 Å². The number of carbonyl (C=O) groups excluding carboxylic acids is 1. The number of hydrogen-bond acceptors (Lipinski definition) is 5. The molecular formula is C27H19Br2NO3S. The van der Waals surface area contributed by atoms with Gasteiger partial charge in [-0.05, 0) is 72.3 Å². The number of thiophene rings is 1. The molecule has 0 bridgehead atoms. The molecule has 0 atom stereocenters. The fourth-order valence-electron chi connectivity index (χ4n) is 3.72. The average molecular weight is 597 g/mol. The molecule has 1 aliphatic rings. The second-order valence-corrected chi connectivity index (χ2v) is 10.4. The van der Waals surface area contributed by atoms with Crippen molar-refractivity contribution in [3.05, 3.63) is 97.1 Å². The first-order valence-corrected chi connectivity index (χ1v) is 13.0. The van der Waals surface area contributed by atoms with E-state index >= 15 is 0 Å². The van der Waals surface area contributed by atoms with Gasteiger partial charge in [0.05, 0.1) is 4.88 Å². The number of ether oxygens (including phenoxy) is 2. The summed E-state index contributed by atoms with van der Waals surface area (Å²) in [6, 6.07) is 24.9. The molecule has 1 aromatic heterocycles. The molecule has 3 aromatic carbocycles. The molecular weight excluding hydrogens is 578 g/mol. The van der Waals surface area contributed by atoms with Crippen molar-refractivity contribution >= 4 is 78.7 Å². The van der Waals surface area contributed by atoms with Crippen LogP contribution < -0.4 is 14.4 Å². The Labute approximate surface area is 218 Å². The molecule has 4 aromatic rings. The van der Waals surface area contributed by atoms with Crippen LogP contribution in [-0.2, 0) is 0 Å². The van der Waals surface area contributed by atoms with Crippen LogP contribution in [-0.4, -0.2) is 19.5 Å². The molecule has 170 valence electrons. The van der Waals surface area contributed by atoms with Crippen molar-refractivity contribution in [2.24, 2.45) is 0 Å². The average Bonchev–Trinajstić information content (AvgIpc) is 3.24. The van der Waals surface area contributed by atoms with Crippen LogP contribution in [0.15, 0.2) is 81.7 Å². The van der Waals surface area contributed by atoms with E-state index in [2.05, 4.69) is 85.3 Å². The van der Waals surface area contributed by atoms with E-state index in [1.54, 1.807) is 0 Å². The first kappa shape index (κ1) is 22.9. The highest BCUT2D eigenvalue weighted by Crippen LogP contribution is 2.44. The molecule has 7 heteroatoms. The molecule has 0 amide bonds. The molecule has 1 aliphatic heterocycles. The molecule has 2 heterocycles. The van der Waals surface area contributed by atoms with E-state index in [0.717, 1.165) is 42.7 Å². The van der Waals surface area contributed by atoms with Crippen molar-refractivity contribution in [1.29, 1.82) is 0 Å². The van der Waals surface area contributed by atoms with E-state index in [-0.39, 0.29) is 0 Å². The summed E-state index contributed by atoms with van der Waals surface area (Å²) < 4.78 is 13.5. The van der Waals surface area contributed by atoms with Gasteiger partial charge in [0, 0.05) is 26.0 Å². The molecule has 5 rings (SSSR count). The highest BCUT2D eigenvalue weighted by atomic mass is 79.9. The minimum Gasteiger partial charge on any atom is -0.485 e. The Morgan fingerprint density at radius 3 is 1.65 bits per heavy atom. The Morgan fingerprint density at radius 2 is 1.15 bits per heavy atom. The van der Waals surface area contributed by atoms with Gasteiger partial charge >= 0.3 is 0 Å². The van der Waals surface area contributed by atoms with Crippen LogP contribution in [0.4, 0.5) is 17.1 Å². The van der Waals surface area contributed by atoms with E-state index in [1.165, 1.54) is 11.3 Å². The molecule has 0 unspecified atom stereocenters. The maximum atomic E-state index is 11.4. The van der Waals surface area contributed by atoms with Gasteiger partial charge in [-0.3, -0.25) is 4.79 Å². The second kappa shape index (κ2) is 10.2. The quantitative estimate of drug-likeness (QED) is 0.209. The zero-order valence-electron chi connectivity index (χ0n) is 17.9. The smallest absolute Gasteiger partial charge is 0.183 e.